The Morgan fingerprint density at radius 3 is 2.79 bits per heavy atom. The fourth-order valence-corrected chi connectivity index (χ4v) is 1.51. The van der Waals surface area contributed by atoms with Gasteiger partial charge in [-0.25, -0.2) is 4.39 Å². The highest BCUT2D eigenvalue weighted by Crippen LogP contribution is 2.21. The van der Waals surface area contributed by atoms with Gasteiger partial charge in [0.2, 0.25) is 5.56 Å². The Kier molecular flexibility index (Phi) is 3.61. The monoisotopic (exact) mass is 262 g/mol. The number of aromatic amines is 1. The zero-order valence-corrected chi connectivity index (χ0v) is 10.1. The zero-order chi connectivity index (χ0) is 13.8. The molecule has 0 spiro atoms. The number of anilines is 1. The topological polar surface area (TPSA) is 71.2 Å². The van der Waals surface area contributed by atoms with E-state index in [4.69, 9.17) is 4.74 Å². The number of H-pyrrole nitrogens is 1. The highest BCUT2D eigenvalue weighted by atomic mass is 19.1. The van der Waals surface area contributed by atoms with E-state index in [2.05, 4.69) is 10.3 Å². The third-order valence-corrected chi connectivity index (χ3v) is 2.46. The number of aromatic nitrogens is 1. The first-order valence-corrected chi connectivity index (χ1v) is 5.44. The molecule has 19 heavy (non-hydrogen) atoms. The third-order valence-electron chi connectivity index (χ3n) is 2.46. The summed E-state index contributed by atoms with van der Waals surface area (Å²) >= 11 is 0. The number of hydrogen-bond acceptors (Lipinski definition) is 3. The van der Waals surface area contributed by atoms with Crippen molar-refractivity contribution in [1.82, 2.24) is 4.98 Å². The SMILES string of the molecule is COc1ccc(F)c(NC(=O)c2cc[nH]c(=O)c2)c1. The maximum atomic E-state index is 13.5. The molecule has 6 heteroatoms. The van der Waals surface area contributed by atoms with Gasteiger partial charge in [-0.15, -0.1) is 0 Å². The molecule has 0 atom stereocenters. The minimum Gasteiger partial charge on any atom is -0.497 e. The van der Waals surface area contributed by atoms with Crippen molar-refractivity contribution >= 4 is 11.6 Å². The van der Waals surface area contributed by atoms with Crippen LogP contribution in [-0.2, 0) is 0 Å². The smallest absolute Gasteiger partial charge is 0.255 e. The summed E-state index contributed by atoms with van der Waals surface area (Å²) in [6.07, 6.45) is 1.35. The van der Waals surface area contributed by atoms with Gasteiger partial charge in [0, 0.05) is 23.9 Å². The van der Waals surface area contributed by atoms with Crippen LogP contribution in [-0.4, -0.2) is 18.0 Å². The zero-order valence-electron chi connectivity index (χ0n) is 10.1. The minimum atomic E-state index is -0.584. The van der Waals surface area contributed by atoms with Crippen molar-refractivity contribution in [2.45, 2.75) is 0 Å². The molecule has 0 fully saturated rings. The Labute approximate surface area is 108 Å². The Bertz CT molecular complexity index is 667. The van der Waals surface area contributed by atoms with Crippen molar-refractivity contribution in [3.05, 3.63) is 58.3 Å². The number of rotatable bonds is 3. The van der Waals surface area contributed by atoms with Crippen LogP contribution in [0.25, 0.3) is 0 Å². The van der Waals surface area contributed by atoms with Gasteiger partial charge < -0.3 is 15.0 Å². The van der Waals surface area contributed by atoms with Gasteiger partial charge in [-0.2, -0.15) is 0 Å². The van der Waals surface area contributed by atoms with Crippen molar-refractivity contribution in [1.29, 1.82) is 0 Å². The number of benzene rings is 1. The first-order valence-electron chi connectivity index (χ1n) is 5.44. The first-order chi connectivity index (χ1) is 9.10. The molecule has 0 bridgehead atoms. The molecule has 0 saturated heterocycles. The normalized spacial score (nSPS) is 10.0. The van der Waals surface area contributed by atoms with Crippen LogP contribution in [0.2, 0.25) is 0 Å². The van der Waals surface area contributed by atoms with E-state index in [-0.39, 0.29) is 11.3 Å². The summed E-state index contributed by atoms with van der Waals surface area (Å²) in [5.41, 5.74) is -0.269. The van der Waals surface area contributed by atoms with Crippen LogP contribution in [0.3, 0.4) is 0 Å². The molecule has 0 aliphatic rings. The van der Waals surface area contributed by atoms with E-state index in [9.17, 15) is 14.0 Å². The molecule has 5 nitrogen and oxygen atoms in total. The largest absolute Gasteiger partial charge is 0.497 e. The average Bonchev–Trinajstić information content (AvgIpc) is 2.41. The van der Waals surface area contributed by atoms with E-state index < -0.39 is 17.3 Å². The molecule has 0 aliphatic carbocycles. The van der Waals surface area contributed by atoms with Crippen LogP contribution in [0, 0.1) is 5.82 Å². The van der Waals surface area contributed by atoms with Crippen molar-refractivity contribution in [3.63, 3.8) is 0 Å². The minimum absolute atomic E-state index is 0.00960. The van der Waals surface area contributed by atoms with Gasteiger partial charge in [0.15, 0.2) is 0 Å². The van der Waals surface area contributed by atoms with Crippen molar-refractivity contribution in [2.75, 3.05) is 12.4 Å². The van der Waals surface area contributed by atoms with Crippen molar-refractivity contribution in [3.8, 4) is 5.75 Å². The molecule has 1 aromatic carbocycles. The fourth-order valence-electron chi connectivity index (χ4n) is 1.51. The van der Waals surface area contributed by atoms with Crippen molar-refractivity contribution < 1.29 is 13.9 Å². The van der Waals surface area contributed by atoms with Crippen LogP contribution in [0.1, 0.15) is 10.4 Å². The van der Waals surface area contributed by atoms with Crippen LogP contribution in [0.5, 0.6) is 5.75 Å². The molecule has 2 rings (SSSR count). The maximum absolute atomic E-state index is 13.5. The first kappa shape index (κ1) is 12.8. The molecule has 98 valence electrons. The quantitative estimate of drug-likeness (QED) is 0.885. The number of nitrogens with one attached hydrogen (secondary N) is 2. The Balaban J connectivity index is 2.26. The van der Waals surface area contributed by atoms with E-state index in [1.807, 2.05) is 0 Å². The number of pyridine rings is 1. The van der Waals surface area contributed by atoms with E-state index >= 15 is 0 Å². The Hall–Kier alpha value is -2.63. The van der Waals surface area contributed by atoms with E-state index in [1.54, 1.807) is 0 Å². The van der Waals surface area contributed by atoms with Gasteiger partial charge in [-0.3, -0.25) is 9.59 Å². The molecule has 0 aliphatic heterocycles. The van der Waals surface area contributed by atoms with Gasteiger partial charge in [0.1, 0.15) is 11.6 Å². The third kappa shape index (κ3) is 2.98. The lowest BCUT2D eigenvalue weighted by Crippen LogP contribution is -2.16. The summed E-state index contributed by atoms with van der Waals surface area (Å²) in [5.74, 6) is -0.736. The Morgan fingerprint density at radius 1 is 1.32 bits per heavy atom. The molecule has 2 N–H and O–H groups in total. The number of carbonyl (C=O) groups is 1. The molecule has 1 aromatic heterocycles. The number of amides is 1. The van der Waals surface area contributed by atoms with Crippen LogP contribution >= 0.6 is 0 Å². The summed E-state index contributed by atoms with van der Waals surface area (Å²) in [5, 5.41) is 2.38. The van der Waals surface area contributed by atoms with Crippen LogP contribution in [0.4, 0.5) is 10.1 Å². The maximum Gasteiger partial charge on any atom is 0.255 e. The second kappa shape index (κ2) is 5.34. The van der Waals surface area contributed by atoms with Crippen molar-refractivity contribution in [2.24, 2.45) is 0 Å². The van der Waals surface area contributed by atoms with Crippen LogP contribution < -0.4 is 15.6 Å². The summed E-state index contributed by atoms with van der Waals surface area (Å²) in [7, 11) is 1.44. The van der Waals surface area contributed by atoms with Gasteiger partial charge in [-0.1, -0.05) is 0 Å². The fraction of sp³-hybridized carbons (Fsp3) is 0.0769. The average molecular weight is 262 g/mol. The summed E-state index contributed by atoms with van der Waals surface area (Å²) < 4.78 is 18.5. The lowest BCUT2D eigenvalue weighted by atomic mass is 10.2. The number of ether oxygens (including phenoxy) is 1. The molecule has 1 amide bonds. The number of hydrogen-bond donors (Lipinski definition) is 2. The van der Waals surface area contributed by atoms with Crippen LogP contribution in [0.15, 0.2) is 41.3 Å². The molecule has 0 radical (unpaired) electrons. The lowest BCUT2D eigenvalue weighted by Gasteiger charge is -2.08. The summed E-state index contributed by atoms with van der Waals surface area (Å²) in [4.78, 5) is 25.3. The van der Waals surface area contributed by atoms with Gasteiger partial charge in [-0.05, 0) is 18.2 Å². The van der Waals surface area contributed by atoms with E-state index in [1.165, 1.54) is 37.6 Å². The Morgan fingerprint density at radius 2 is 2.11 bits per heavy atom. The number of methoxy groups -OCH3 is 1. The van der Waals surface area contributed by atoms with Gasteiger partial charge in [0.25, 0.3) is 5.91 Å². The summed E-state index contributed by atoms with van der Waals surface area (Å²) in [6, 6.07) is 6.55. The molecule has 0 saturated carbocycles. The lowest BCUT2D eigenvalue weighted by molar-refractivity contribution is 0.102. The highest BCUT2D eigenvalue weighted by molar-refractivity contribution is 6.04. The molecular formula is C13H11FN2O3. The highest BCUT2D eigenvalue weighted by Gasteiger charge is 2.10. The molecule has 0 unspecified atom stereocenters. The predicted octanol–water partition coefficient (Wildman–Crippen LogP) is 1.77. The molecule has 2 aromatic rings. The molecular weight excluding hydrogens is 251 g/mol. The van der Waals surface area contributed by atoms with Gasteiger partial charge >= 0.3 is 0 Å². The molecule has 1 heterocycles. The second-order valence-electron chi connectivity index (χ2n) is 3.74. The standard InChI is InChI=1S/C13H11FN2O3/c1-19-9-2-3-10(14)11(7-9)16-13(18)8-4-5-15-12(17)6-8/h2-7H,1H3,(H,15,17)(H,16,18). The van der Waals surface area contributed by atoms with Gasteiger partial charge in [0.05, 0.1) is 12.8 Å². The van der Waals surface area contributed by atoms with E-state index in [0.29, 0.717) is 5.75 Å². The number of halogens is 1. The summed E-state index contributed by atoms with van der Waals surface area (Å²) in [6.45, 7) is 0. The number of carbonyl (C=O) groups excluding carboxylic acids is 1. The second-order valence-corrected chi connectivity index (χ2v) is 3.74. The predicted molar refractivity (Wildman–Crippen MR) is 68.0 cm³/mol. The van der Waals surface area contributed by atoms with E-state index in [0.717, 1.165) is 6.07 Å².